The van der Waals surface area contributed by atoms with Crippen molar-refractivity contribution in [3.63, 3.8) is 0 Å². The number of nitrogens with zero attached hydrogens (tertiary/aromatic N) is 1. The number of ketones is 1. The van der Waals surface area contributed by atoms with E-state index in [0.717, 1.165) is 0 Å². The summed E-state index contributed by atoms with van der Waals surface area (Å²) >= 11 is 0. The first kappa shape index (κ1) is 10.7. The zero-order valence-corrected chi connectivity index (χ0v) is 9.18. The lowest BCUT2D eigenvalue weighted by molar-refractivity contribution is -0.110. The Hall–Kier alpha value is -1.81. The fraction of sp³-hybridized carbons (Fsp3) is 0. The van der Waals surface area contributed by atoms with Crippen LogP contribution >= 0.6 is 0 Å². The van der Waals surface area contributed by atoms with E-state index in [1.807, 2.05) is 18.2 Å². The number of carbonyl (C=O) groups is 1. The molecule has 0 radical (unpaired) electrons. The van der Waals surface area contributed by atoms with Gasteiger partial charge in [-0.25, -0.2) is 4.21 Å². The minimum absolute atomic E-state index is 0.0792. The Kier molecular flexibility index (Phi) is 3.22. The Balaban J connectivity index is 2.20. The van der Waals surface area contributed by atoms with Gasteiger partial charge in [0.2, 0.25) is 0 Å². The first-order chi connectivity index (χ1) is 7.75. The molecule has 0 amide bonds. The standard InChI is InChI=1S/C12H9NO2S/c14-11-8-6-10(7-9-11)13-16(15)12-4-2-1-3-5-12/h1-9H. The van der Waals surface area contributed by atoms with Crippen molar-refractivity contribution in [3.8, 4) is 0 Å². The maximum atomic E-state index is 11.8. The molecule has 0 fully saturated rings. The van der Waals surface area contributed by atoms with Gasteiger partial charge in [-0.05, 0) is 36.4 Å². The molecule has 1 aromatic rings. The summed E-state index contributed by atoms with van der Waals surface area (Å²) in [5, 5.41) is 0. The predicted octanol–water partition coefficient (Wildman–Crippen LogP) is 1.85. The number of hydrogen-bond donors (Lipinski definition) is 0. The molecule has 4 heteroatoms. The van der Waals surface area contributed by atoms with E-state index < -0.39 is 11.0 Å². The second kappa shape index (κ2) is 4.81. The number of allylic oxidation sites excluding steroid dienone is 4. The Morgan fingerprint density at radius 1 is 0.938 bits per heavy atom. The molecule has 80 valence electrons. The van der Waals surface area contributed by atoms with Gasteiger partial charge in [0, 0.05) is 0 Å². The SMILES string of the molecule is O=C1C=CC(=NS(=O)c2ccccc2)C=C1. The lowest BCUT2D eigenvalue weighted by atomic mass is 10.2. The topological polar surface area (TPSA) is 46.5 Å². The van der Waals surface area contributed by atoms with Crippen LogP contribution in [0.25, 0.3) is 0 Å². The third-order valence-electron chi connectivity index (χ3n) is 1.97. The van der Waals surface area contributed by atoms with Crippen LogP contribution in [0.4, 0.5) is 0 Å². The molecule has 1 aliphatic carbocycles. The van der Waals surface area contributed by atoms with Gasteiger partial charge >= 0.3 is 0 Å². The Labute approximate surface area is 95.8 Å². The van der Waals surface area contributed by atoms with E-state index in [2.05, 4.69) is 4.40 Å². The highest BCUT2D eigenvalue weighted by Gasteiger charge is 2.04. The molecule has 0 saturated carbocycles. The molecule has 1 atom stereocenters. The molecule has 0 saturated heterocycles. The van der Waals surface area contributed by atoms with Gasteiger partial charge in [0.25, 0.3) is 0 Å². The minimum atomic E-state index is -1.42. The van der Waals surface area contributed by atoms with Crippen molar-refractivity contribution in [2.24, 2.45) is 4.40 Å². The van der Waals surface area contributed by atoms with Crippen molar-refractivity contribution in [3.05, 3.63) is 54.6 Å². The molecule has 0 N–H and O–H groups in total. The predicted molar refractivity (Wildman–Crippen MR) is 63.6 cm³/mol. The Morgan fingerprint density at radius 2 is 1.56 bits per heavy atom. The van der Waals surface area contributed by atoms with E-state index in [-0.39, 0.29) is 5.78 Å². The van der Waals surface area contributed by atoms with Crippen molar-refractivity contribution >= 4 is 22.5 Å². The summed E-state index contributed by atoms with van der Waals surface area (Å²) in [6.07, 6.45) is 5.92. The highest BCUT2D eigenvalue weighted by atomic mass is 32.2. The third-order valence-corrected chi connectivity index (χ3v) is 3.02. The molecule has 0 aromatic heterocycles. The Morgan fingerprint density at radius 3 is 2.19 bits per heavy atom. The normalized spacial score (nSPS) is 16.2. The van der Waals surface area contributed by atoms with E-state index in [4.69, 9.17) is 0 Å². The van der Waals surface area contributed by atoms with E-state index >= 15 is 0 Å². The highest BCUT2D eigenvalue weighted by molar-refractivity contribution is 7.84. The molecule has 0 aliphatic heterocycles. The molecule has 2 rings (SSSR count). The fourth-order valence-corrected chi connectivity index (χ4v) is 2.00. The van der Waals surface area contributed by atoms with E-state index in [0.29, 0.717) is 10.6 Å². The van der Waals surface area contributed by atoms with Crippen LogP contribution in [0.5, 0.6) is 0 Å². The summed E-state index contributed by atoms with van der Waals surface area (Å²) in [6.45, 7) is 0. The van der Waals surface area contributed by atoms with Gasteiger partial charge < -0.3 is 0 Å². The van der Waals surface area contributed by atoms with Crippen LogP contribution in [-0.4, -0.2) is 15.7 Å². The summed E-state index contributed by atoms with van der Waals surface area (Å²) in [6, 6.07) is 8.98. The maximum Gasteiger partial charge on any atom is 0.178 e. The maximum absolute atomic E-state index is 11.8. The van der Waals surface area contributed by atoms with Crippen LogP contribution < -0.4 is 0 Å². The third kappa shape index (κ3) is 2.61. The first-order valence-electron chi connectivity index (χ1n) is 4.71. The van der Waals surface area contributed by atoms with Crippen LogP contribution in [0.3, 0.4) is 0 Å². The quantitative estimate of drug-likeness (QED) is 0.729. The second-order valence-corrected chi connectivity index (χ2v) is 4.30. The summed E-state index contributed by atoms with van der Waals surface area (Å²) in [7, 11) is -1.42. The number of carbonyl (C=O) groups excluding carboxylic acids is 1. The highest BCUT2D eigenvalue weighted by Crippen LogP contribution is 2.08. The number of hydrogen-bond acceptors (Lipinski definition) is 2. The molecule has 0 bridgehead atoms. The molecule has 1 unspecified atom stereocenters. The average molecular weight is 231 g/mol. The minimum Gasteiger partial charge on any atom is -0.290 e. The summed E-state index contributed by atoms with van der Waals surface area (Å²) in [5.74, 6) is -0.0792. The van der Waals surface area contributed by atoms with Gasteiger partial charge in [-0.15, -0.1) is 0 Å². The van der Waals surface area contributed by atoms with Crippen molar-refractivity contribution in [1.29, 1.82) is 0 Å². The number of benzene rings is 1. The van der Waals surface area contributed by atoms with Crippen molar-refractivity contribution < 1.29 is 9.00 Å². The zero-order chi connectivity index (χ0) is 11.4. The van der Waals surface area contributed by atoms with E-state index in [9.17, 15) is 9.00 Å². The van der Waals surface area contributed by atoms with E-state index in [1.165, 1.54) is 12.2 Å². The second-order valence-electron chi connectivity index (χ2n) is 3.15. The van der Waals surface area contributed by atoms with Gasteiger partial charge in [-0.3, -0.25) is 4.79 Å². The summed E-state index contributed by atoms with van der Waals surface area (Å²) in [5.41, 5.74) is 0.543. The van der Waals surface area contributed by atoms with Crippen LogP contribution in [0.15, 0.2) is 63.9 Å². The average Bonchev–Trinajstić information content (AvgIpc) is 2.33. The van der Waals surface area contributed by atoms with Crippen molar-refractivity contribution in [2.75, 3.05) is 0 Å². The Bertz CT molecular complexity index is 497. The smallest absolute Gasteiger partial charge is 0.178 e. The lowest BCUT2D eigenvalue weighted by Crippen LogP contribution is -2.00. The zero-order valence-electron chi connectivity index (χ0n) is 8.37. The van der Waals surface area contributed by atoms with Gasteiger partial charge in [-0.1, -0.05) is 18.2 Å². The van der Waals surface area contributed by atoms with E-state index in [1.54, 1.807) is 24.3 Å². The van der Waals surface area contributed by atoms with Crippen LogP contribution in [-0.2, 0) is 15.8 Å². The molecule has 0 spiro atoms. The summed E-state index contributed by atoms with van der Waals surface area (Å²) < 4.78 is 15.8. The van der Waals surface area contributed by atoms with Gasteiger partial charge in [0.15, 0.2) is 16.8 Å². The largest absolute Gasteiger partial charge is 0.290 e. The molecule has 1 aromatic carbocycles. The van der Waals surface area contributed by atoms with Gasteiger partial charge in [0.1, 0.15) is 0 Å². The molecular weight excluding hydrogens is 222 g/mol. The van der Waals surface area contributed by atoms with Crippen LogP contribution in [0, 0.1) is 0 Å². The summed E-state index contributed by atoms with van der Waals surface area (Å²) in [4.78, 5) is 11.5. The van der Waals surface area contributed by atoms with Crippen LogP contribution in [0.2, 0.25) is 0 Å². The van der Waals surface area contributed by atoms with Gasteiger partial charge in [0.05, 0.1) is 10.6 Å². The van der Waals surface area contributed by atoms with Crippen molar-refractivity contribution in [1.82, 2.24) is 0 Å². The molecule has 3 nitrogen and oxygen atoms in total. The van der Waals surface area contributed by atoms with Gasteiger partial charge in [-0.2, -0.15) is 4.40 Å². The molecule has 16 heavy (non-hydrogen) atoms. The fourth-order valence-electron chi connectivity index (χ4n) is 1.19. The van der Waals surface area contributed by atoms with Crippen LogP contribution in [0.1, 0.15) is 0 Å². The molecule has 1 aliphatic rings. The molecule has 0 heterocycles. The van der Waals surface area contributed by atoms with Crippen molar-refractivity contribution in [2.45, 2.75) is 4.90 Å². The number of rotatable bonds is 2. The monoisotopic (exact) mass is 231 g/mol. The molecular formula is C12H9NO2S. The lowest BCUT2D eigenvalue weighted by Gasteiger charge is -1.99. The first-order valence-corrected chi connectivity index (χ1v) is 5.82.